The third-order valence-corrected chi connectivity index (χ3v) is 2.77. The molecule has 0 fully saturated rings. The van der Waals surface area contributed by atoms with Gasteiger partial charge in [-0.1, -0.05) is 32.0 Å². The Balaban J connectivity index is 2.50. The Morgan fingerprint density at radius 3 is 2.71 bits per heavy atom. The van der Waals surface area contributed by atoms with Crippen LogP contribution in [-0.4, -0.2) is 17.6 Å². The first-order chi connectivity index (χ1) is 8.13. The summed E-state index contributed by atoms with van der Waals surface area (Å²) in [4.78, 5) is 17.4. The van der Waals surface area contributed by atoms with E-state index in [1.165, 1.54) is 0 Å². The van der Waals surface area contributed by atoms with Crippen LogP contribution in [0.4, 0.5) is 0 Å². The molecule has 2 rings (SSSR count). The second-order valence-corrected chi connectivity index (χ2v) is 4.59. The Labute approximate surface area is 101 Å². The molecule has 0 N–H and O–H groups in total. The van der Waals surface area contributed by atoms with Gasteiger partial charge in [0.05, 0.1) is 11.7 Å². The Morgan fingerprint density at radius 1 is 1.35 bits per heavy atom. The molecule has 3 heteroatoms. The van der Waals surface area contributed by atoms with Crippen molar-refractivity contribution in [3.05, 3.63) is 36.0 Å². The standard InChI is InChI=1S/C14H17NO2/c1-10(2)8-14(16)12-9-15(17-3)13-7-5-4-6-11(12)13/h4-7,9-10H,8H2,1-3H3. The predicted octanol–water partition coefficient (Wildman–Crippen LogP) is 2.93. The van der Waals surface area contributed by atoms with Crippen LogP contribution >= 0.6 is 0 Å². The van der Waals surface area contributed by atoms with E-state index in [4.69, 9.17) is 4.84 Å². The zero-order valence-corrected chi connectivity index (χ0v) is 10.4. The maximum absolute atomic E-state index is 12.1. The van der Waals surface area contributed by atoms with Gasteiger partial charge in [0.15, 0.2) is 5.78 Å². The average Bonchev–Trinajstić information content (AvgIpc) is 2.67. The molecule has 0 aliphatic carbocycles. The maximum Gasteiger partial charge on any atom is 0.165 e. The monoisotopic (exact) mass is 231 g/mol. The van der Waals surface area contributed by atoms with E-state index >= 15 is 0 Å². The highest BCUT2D eigenvalue weighted by molar-refractivity contribution is 6.08. The van der Waals surface area contributed by atoms with Gasteiger partial charge in [-0.25, -0.2) is 0 Å². The van der Waals surface area contributed by atoms with Crippen LogP contribution in [0.15, 0.2) is 30.5 Å². The van der Waals surface area contributed by atoms with Gasteiger partial charge in [0.1, 0.15) is 7.11 Å². The molecule has 0 spiro atoms. The largest absolute Gasteiger partial charge is 0.417 e. The molecule has 0 aliphatic heterocycles. The number of hydrogen-bond donors (Lipinski definition) is 0. The van der Waals surface area contributed by atoms with E-state index in [-0.39, 0.29) is 5.78 Å². The van der Waals surface area contributed by atoms with Crippen molar-refractivity contribution < 1.29 is 9.63 Å². The molecule has 1 aromatic heterocycles. The fourth-order valence-corrected chi connectivity index (χ4v) is 2.00. The Morgan fingerprint density at radius 2 is 2.06 bits per heavy atom. The van der Waals surface area contributed by atoms with E-state index in [9.17, 15) is 4.79 Å². The zero-order valence-electron chi connectivity index (χ0n) is 10.4. The Hall–Kier alpha value is -1.77. The zero-order chi connectivity index (χ0) is 12.4. The number of rotatable bonds is 4. The summed E-state index contributed by atoms with van der Waals surface area (Å²) >= 11 is 0. The maximum atomic E-state index is 12.1. The summed E-state index contributed by atoms with van der Waals surface area (Å²) in [6.45, 7) is 4.10. The normalized spacial score (nSPS) is 11.1. The quantitative estimate of drug-likeness (QED) is 0.757. The van der Waals surface area contributed by atoms with Crippen LogP contribution in [0.3, 0.4) is 0 Å². The number of para-hydroxylation sites is 1. The van der Waals surface area contributed by atoms with Crippen molar-refractivity contribution in [2.45, 2.75) is 20.3 Å². The summed E-state index contributed by atoms with van der Waals surface area (Å²) in [7, 11) is 1.60. The van der Waals surface area contributed by atoms with Gasteiger partial charge in [-0.2, -0.15) is 4.73 Å². The van der Waals surface area contributed by atoms with Crippen molar-refractivity contribution in [3.8, 4) is 0 Å². The van der Waals surface area contributed by atoms with Gasteiger partial charge in [0.2, 0.25) is 0 Å². The van der Waals surface area contributed by atoms with Crippen LogP contribution in [0, 0.1) is 5.92 Å². The highest BCUT2D eigenvalue weighted by atomic mass is 16.6. The van der Waals surface area contributed by atoms with Gasteiger partial charge in [0, 0.05) is 17.4 Å². The lowest BCUT2D eigenvalue weighted by atomic mass is 10.0. The van der Waals surface area contributed by atoms with Crippen molar-refractivity contribution >= 4 is 16.7 Å². The van der Waals surface area contributed by atoms with Gasteiger partial charge >= 0.3 is 0 Å². The van der Waals surface area contributed by atoms with Crippen LogP contribution in [-0.2, 0) is 0 Å². The van der Waals surface area contributed by atoms with Crippen LogP contribution in [0.25, 0.3) is 10.9 Å². The second kappa shape index (κ2) is 4.62. The van der Waals surface area contributed by atoms with Crippen LogP contribution < -0.4 is 4.84 Å². The number of nitrogens with zero attached hydrogens (tertiary/aromatic N) is 1. The lowest BCUT2D eigenvalue weighted by Crippen LogP contribution is -2.05. The minimum Gasteiger partial charge on any atom is -0.417 e. The Bertz CT molecular complexity index is 540. The lowest BCUT2D eigenvalue weighted by molar-refractivity contribution is 0.0967. The molecule has 2 aromatic rings. The summed E-state index contributed by atoms with van der Waals surface area (Å²) in [6, 6.07) is 7.78. The van der Waals surface area contributed by atoms with Crippen molar-refractivity contribution in [1.29, 1.82) is 0 Å². The highest BCUT2D eigenvalue weighted by Gasteiger charge is 2.15. The van der Waals surface area contributed by atoms with Gasteiger partial charge < -0.3 is 4.84 Å². The van der Waals surface area contributed by atoms with Crippen molar-refractivity contribution in [1.82, 2.24) is 4.73 Å². The summed E-state index contributed by atoms with van der Waals surface area (Å²) in [5.41, 5.74) is 1.68. The first-order valence-electron chi connectivity index (χ1n) is 5.81. The fourth-order valence-electron chi connectivity index (χ4n) is 2.00. The number of carbonyl (C=O) groups excluding carboxylic acids is 1. The summed E-state index contributed by atoms with van der Waals surface area (Å²) in [5, 5.41) is 0.958. The van der Waals surface area contributed by atoms with Crippen LogP contribution in [0.1, 0.15) is 30.6 Å². The number of hydrogen-bond acceptors (Lipinski definition) is 2. The minimum atomic E-state index is 0.173. The predicted molar refractivity (Wildman–Crippen MR) is 68.2 cm³/mol. The molecule has 0 unspecified atom stereocenters. The van der Waals surface area contributed by atoms with Gasteiger partial charge in [-0.05, 0) is 12.0 Å². The van der Waals surface area contributed by atoms with E-state index in [1.807, 2.05) is 38.1 Å². The van der Waals surface area contributed by atoms with E-state index in [0.717, 1.165) is 16.5 Å². The van der Waals surface area contributed by atoms with Gasteiger partial charge in [-0.3, -0.25) is 4.79 Å². The number of ketones is 1. The molecule has 3 nitrogen and oxygen atoms in total. The molecule has 0 amide bonds. The number of carbonyl (C=O) groups is 1. The average molecular weight is 231 g/mol. The van der Waals surface area contributed by atoms with E-state index in [1.54, 1.807) is 18.0 Å². The number of fused-ring (bicyclic) bond motifs is 1. The topological polar surface area (TPSA) is 31.2 Å². The number of aromatic nitrogens is 1. The van der Waals surface area contributed by atoms with E-state index in [0.29, 0.717) is 12.3 Å². The van der Waals surface area contributed by atoms with Gasteiger partial charge in [-0.15, -0.1) is 0 Å². The number of Topliss-reactive ketones (excluding diaryl/α,β-unsaturated/α-hetero) is 1. The van der Waals surface area contributed by atoms with Crippen LogP contribution in [0.2, 0.25) is 0 Å². The van der Waals surface area contributed by atoms with Crippen LogP contribution in [0.5, 0.6) is 0 Å². The molecule has 1 aromatic carbocycles. The van der Waals surface area contributed by atoms with Gasteiger partial charge in [0.25, 0.3) is 0 Å². The third-order valence-electron chi connectivity index (χ3n) is 2.77. The highest BCUT2D eigenvalue weighted by Crippen LogP contribution is 2.22. The molecular weight excluding hydrogens is 214 g/mol. The summed E-state index contributed by atoms with van der Waals surface area (Å²) in [5.74, 6) is 0.541. The molecule has 0 bridgehead atoms. The molecule has 90 valence electrons. The molecule has 17 heavy (non-hydrogen) atoms. The van der Waals surface area contributed by atoms with E-state index in [2.05, 4.69) is 0 Å². The third kappa shape index (κ3) is 2.18. The fraction of sp³-hybridized carbons (Fsp3) is 0.357. The lowest BCUT2D eigenvalue weighted by Gasteiger charge is -2.01. The summed E-state index contributed by atoms with van der Waals surface area (Å²) in [6.07, 6.45) is 2.34. The van der Waals surface area contributed by atoms with Crippen molar-refractivity contribution in [2.24, 2.45) is 5.92 Å². The molecule has 0 saturated carbocycles. The first-order valence-corrected chi connectivity index (χ1v) is 5.81. The van der Waals surface area contributed by atoms with Crippen molar-refractivity contribution in [2.75, 3.05) is 7.11 Å². The molecule has 0 aliphatic rings. The molecule has 0 saturated heterocycles. The first kappa shape index (κ1) is 11.7. The number of benzene rings is 1. The molecule has 0 atom stereocenters. The van der Waals surface area contributed by atoms with E-state index < -0.39 is 0 Å². The Kier molecular flexibility index (Phi) is 3.18. The smallest absolute Gasteiger partial charge is 0.165 e. The molecule has 0 radical (unpaired) electrons. The summed E-state index contributed by atoms with van der Waals surface area (Å²) < 4.78 is 1.64. The minimum absolute atomic E-state index is 0.173. The van der Waals surface area contributed by atoms with Crippen molar-refractivity contribution in [3.63, 3.8) is 0 Å². The molecule has 1 heterocycles. The SMILES string of the molecule is COn1cc(C(=O)CC(C)C)c2ccccc21. The second-order valence-electron chi connectivity index (χ2n) is 4.59. The molecular formula is C14H17NO2.